The van der Waals surface area contributed by atoms with Gasteiger partial charge >= 0.3 is 0 Å². The van der Waals surface area contributed by atoms with Crippen molar-refractivity contribution in [3.63, 3.8) is 0 Å². The third-order valence-corrected chi connectivity index (χ3v) is 7.94. The van der Waals surface area contributed by atoms with E-state index in [0.717, 1.165) is 26.2 Å². The average Bonchev–Trinajstić information content (AvgIpc) is 3.59. The van der Waals surface area contributed by atoms with E-state index >= 15 is 0 Å². The third kappa shape index (κ3) is 5.48. The van der Waals surface area contributed by atoms with E-state index in [1.165, 1.54) is 18.9 Å². The van der Waals surface area contributed by atoms with Crippen molar-refractivity contribution in [1.29, 1.82) is 0 Å². The summed E-state index contributed by atoms with van der Waals surface area (Å²) >= 11 is 0. The van der Waals surface area contributed by atoms with Gasteiger partial charge in [-0.2, -0.15) is 0 Å². The van der Waals surface area contributed by atoms with Gasteiger partial charge in [-0.15, -0.1) is 0 Å². The van der Waals surface area contributed by atoms with Crippen LogP contribution in [0.2, 0.25) is 0 Å². The Kier molecular flexibility index (Phi) is 7.32. The van der Waals surface area contributed by atoms with Crippen molar-refractivity contribution in [3.05, 3.63) is 78.1 Å². The number of rotatable bonds is 6. The van der Waals surface area contributed by atoms with Gasteiger partial charge < -0.3 is 19.5 Å². The van der Waals surface area contributed by atoms with Crippen molar-refractivity contribution in [2.45, 2.75) is 19.4 Å². The zero-order valence-electron chi connectivity index (χ0n) is 22.9. The molecule has 2 unspecified atom stereocenters. The Bertz CT molecular complexity index is 1510. The number of benzene rings is 2. The van der Waals surface area contributed by atoms with Crippen molar-refractivity contribution in [2.75, 3.05) is 51.6 Å². The van der Waals surface area contributed by atoms with Gasteiger partial charge in [0.2, 0.25) is 11.8 Å². The molecule has 9 heteroatoms. The second-order valence-corrected chi connectivity index (χ2v) is 10.8. The van der Waals surface area contributed by atoms with Crippen LogP contribution in [0.3, 0.4) is 0 Å². The lowest BCUT2D eigenvalue weighted by atomic mass is 9.90. The van der Waals surface area contributed by atoms with Gasteiger partial charge in [0.05, 0.1) is 0 Å². The molecule has 0 aliphatic carbocycles. The maximum absolute atomic E-state index is 13.5. The Balaban J connectivity index is 1.16. The molecule has 4 aromatic rings. The number of oxazole rings is 1. The number of carbonyl (C=O) groups excluding carboxylic acids is 2. The van der Waals surface area contributed by atoms with Crippen LogP contribution in [-0.4, -0.2) is 82.8 Å². The van der Waals surface area contributed by atoms with Crippen LogP contribution in [0.5, 0.6) is 0 Å². The summed E-state index contributed by atoms with van der Waals surface area (Å²) in [6, 6.07) is 20.0. The summed E-state index contributed by atoms with van der Waals surface area (Å²) in [5.74, 6) is 0.757. The molecule has 1 N–H and O–H groups in total. The van der Waals surface area contributed by atoms with E-state index in [2.05, 4.69) is 62.5 Å². The van der Waals surface area contributed by atoms with Gasteiger partial charge in [0, 0.05) is 63.1 Å². The number of aromatic nitrogens is 2. The van der Waals surface area contributed by atoms with Crippen molar-refractivity contribution >= 4 is 28.6 Å². The number of carbonyl (C=O) groups is 2. The van der Waals surface area contributed by atoms with Crippen molar-refractivity contribution in [3.8, 4) is 11.5 Å². The highest BCUT2D eigenvalue weighted by Gasteiger charge is 2.35. The molecule has 2 amide bonds. The summed E-state index contributed by atoms with van der Waals surface area (Å²) in [6.07, 6.45) is 2.81. The molecule has 4 heterocycles. The lowest BCUT2D eigenvalue weighted by Gasteiger charge is -2.41. The summed E-state index contributed by atoms with van der Waals surface area (Å²) in [7, 11) is 2.20. The van der Waals surface area contributed by atoms with Crippen LogP contribution in [0.1, 0.15) is 35.4 Å². The molecule has 2 aliphatic heterocycles. The first-order valence-corrected chi connectivity index (χ1v) is 13.9. The summed E-state index contributed by atoms with van der Waals surface area (Å²) in [5.41, 5.74) is 4.31. The summed E-state index contributed by atoms with van der Waals surface area (Å²) < 4.78 is 5.95. The van der Waals surface area contributed by atoms with Gasteiger partial charge in [-0.05, 0) is 61.8 Å². The van der Waals surface area contributed by atoms with Crippen molar-refractivity contribution in [2.24, 2.45) is 5.92 Å². The molecule has 0 saturated carbocycles. The Hall–Kier alpha value is -4.08. The molecular formula is C31H34N6O3. The number of fused-ring (bicyclic) bond motifs is 1. The highest BCUT2D eigenvalue weighted by molar-refractivity contribution is 5.94. The zero-order chi connectivity index (χ0) is 27.6. The number of likely N-dealkylation sites (tertiary alicyclic amines) is 1. The molecule has 2 aromatic carbocycles. The molecule has 206 valence electrons. The molecule has 0 spiro atoms. The first kappa shape index (κ1) is 26.2. The number of hydrogen-bond acceptors (Lipinski definition) is 7. The van der Waals surface area contributed by atoms with E-state index in [1.807, 2.05) is 4.90 Å². The molecule has 2 atom stereocenters. The van der Waals surface area contributed by atoms with Crippen molar-refractivity contribution < 1.29 is 14.0 Å². The highest BCUT2D eigenvalue weighted by atomic mass is 16.3. The monoisotopic (exact) mass is 538 g/mol. The number of amides is 2. The smallest absolute Gasteiger partial charge is 0.272 e. The molecule has 2 aliphatic rings. The molecule has 2 aromatic heterocycles. The van der Waals surface area contributed by atoms with Gasteiger partial charge in [-0.3, -0.25) is 19.5 Å². The molecular weight excluding hydrogens is 504 g/mol. The average molecular weight is 539 g/mol. The Morgan fingerprint density at radius 1 is 1.00 bits per heavy atom. The van der Waals surface area contributed by atoms with E-state index in [9.17, 15) is 9.59 Å². The zero-order valence-corrected chi connectivity index (χ0v) is 22.9. The fourth-order valence-electron chi connectivity index (χ4n) is 6.04. The van der Waals surface area contributed by atoms with Crippen LogP contribution in [0, 0.1) is 5.92 Å². The molecule has 6 rings (SSSR count). The van der Waals surface area contributed by atoms with Crippen LogP contribution in [0.4, 0.5) is 5.69 Å². The van der Waals surface area contributed by atoms with E-state index in [4.69, 9.17) is 4.42 Å². The lowest BCUT2D eigenvalue weighted by molar-refractivity contribution is -0.114. The topological polar surface area (TPSA) is 94.8 Å². The second kappa shape index (κ2) is 11.2. The number of nitrogens with zero attached hydrogens (tertiary/aromatic N) is 5. The Morgan fingerprint density at radius 3 is 2.52 bits per heavy atom. The minimum absolute atomic E-state index is 0.0811. The number of nitrogens with one attached hydrogen (secondary N) is 1. The minimum atomic E-state index is -0.150. The molecule has 0 radical (unpaired) electrons. The maximum atomic E-state index is 13.5. The largest absolute Gasteiger partial charge is 0.436 e. The van der Waals surface area contributed by atoms with Gasteiger partial charge in [0.1, 0.15) is 11.2 Å². The molecule has 2 fully saturated rings. The molecule has 2 saturated heterocycles. The van der Waals surface area contributed by atoms with Gasteiger partial charge in [0.15, 0.2) is 5.58 Å². The predicted octanol–water partition coefficient (Wildman–Crippen LogP) is 4.30. The highest BCUT2D eigenvalue weighted by Crippen LogP contribution is 2.35. The van der Waals surface area contributed by atoms with E-state index in [0.29, 0.717) is 59.0 Å². The van der Waals surface area contributed by atoms with Gasteiger partial charge in [-0.25, -0.2) is 4.98 Å². The fraction of sp³-hybridized carbons (Fsp3) is 0.355. The Labute approximate surface area is 233 Å². The Morgan fingerprint density at radius 2 is 1.80 bits per heavy atom. The van der Waals surface area contributed by atoms with E-state index in [1.54, 1.807) is 36.5 Å². The van der Waals surface area contributed by atoms with Crippen LogP contribution in [0.15, 0.2) is 71.3 Å². The van der Waals surface area contributed by atoms with Gasteiger partial charge in [-0.1, -0.05) is 30.3 Å². The molecule has 9 nitrogen and oxygen atoms in total. The molecule has 40 heavy (non-hydrogen) atoms. The third-order valence-electron chi connectivity index (χ3n) is 7.94. The quantitative estimate of drug-likeness (QED) is 0.391. The first-order chi connectivity index (χ1) is 19.4. The van der Waals surface area contributed by atoms with E-state index in [-0.39, 0.29) is 11.8 Å². The summed E-state index contributed by atoms with van der Waals surface area (Å²) in [4.78, 5) is 40.7. The van der Waals surface area contributed by atoms with E-state index < -0.39 is 0 Å². The number of pyridine rings is 1. The van der Waals surface area contributed by atoms with Gasteiger partial charge in [0.25, 0.3) is 5.91 Å². The fourth-order valence-corrected chi connectivity index (χ4v) is 6.04. The minimum Gasteiger partial charge on any atom is -0.436 e. The second-order valence-electron chi connectivity index (χ2n) is 10.8. The summed E-state index contributed by atoms with van der Waals surface area (Å²) in [6.45, 7) is 6.66. The van der Waals surface area contributed by atoms with Crippen LogP contribution < -0.4 is 5.32 Å². The normalized spacial score (nSPS) is 19.1. The number of piperazine rings is 1. The number of anilines is 1. The number of hydrogen-bond donors (Lipinski definition) is 1. The first-order valence-electron chi connectivity index (χ1n) is 13.9. The van der Waals surface area contributed by atoms with Crippen LogP contribution >= 0.6 is 0 Å². The maximum Gasteiger partial charge on any atom is 0.272 e. The summed E-state index contributed by atoms with van der Waals surface area (Å²) in [5, 5.41) is 2.76. The van der Waals surface area contributed by atoms with Crippen molar-refractivity contribution in [1.82, 2.24) is 24.7 Å². The lowest BCUT2D eigenvalue weighted by Crippen LogP contribution is -2.51. The van der Waals surface area contributed by atoms with Crippen LogP contribution in [-0.2, 0) is 4.79 Å². The standard InChI is InChI=1S/C31H34N6O3/c1-21(38)33-25-8-9-28-26(19-25)34-30(40-28)23-10-12-32-27(18-23)31(39)37-16-14-36(15-17-37)29(22-6-4-3-5-7-22)24-11-13-35(2)20-24/h3-10,12,18-19,24,29H,11,13-17,20H2,1-2H3,(H,33,38). The molecule has 0 bridgehead atoms. The SMILES string of the molecule is CC(=O)Nc1ccc2oc(-c3ccnc(C(=O)N4CCN(C(c5ccccc5)C5CCN(C)C5)CC4)c3)nc2c1. The van der Waals surface area contributed by atoms with Crippen LogP contribution in [0.25, 0.3) is 22.6 Å². The predicted molar refractivity (Wildman–Crippen MR) is 154 cm³/mol.